The molecule has 0 aliphatic carbocycles. The van der Waals surface area contributed by atoms with Gasteiger partial charge < -0.3 is 19.6 Å². The van der Waals surface area contributed by atoms with Crippen LogP contribution in [0.1, 0.15) is 42.1 Å². The average molecular weight is 502 g/mol. The van der Waals surface area contributed by atoms with Gasteiger partial charge in [-0.05, 0) is 43.7 Å². The molecule has 7 heteroatoms. The molecule has 2 aromatic carbocycles. The molecule has 0 saturated carbocycles. The molecule has 196 valence electrons. The molecule has 0 spiro atoms. The number of methoxy groups -OCH3 is 1. The fourth-order valence-electron chi connectivity index (χ4n) is 5.57. The van der Waals surface area contributed by atoms with E-state index in [1.165, 1.54) is 24.0 Å². The van der Waals surface area contributed by atoms with E-state index in [1.54, 1.807) is 13.2 Å². The lowest BCUT2D eigenvalue weighted by atomic mass is 9.90. The normalized spacial score (nSPS) is 16.5. The molecule has 5 rings (SSSR count). The first-order valence-electron chi connectivity index (χ1n) is 13.5. The number of ether oxygens (including phenoxy) is 1. The monoisotopic (exact) mass is 501 g/mol. The minimum Gasteiger partial charge on any atom is -0.504 e. The minimum atomic E-state index is 0.226. The van der Waals surface area contributed by atoms with Gasteiger partial charge >= 0.3 is 0 Å². The smallest absolute Gasteiger partial charge is 0.227 e. The summed E-state index contributed by atoms with van der Waals surface area (Å²) in [6.45, 7) is 7.39. The van der Waals surface area contributed by atoms with Crippen molar-refractivity contribution in [2.24, 2.45) is 5.92 Å². The number of piperidine rings is 1. The highest BCUT2D eigenvalue weighted by Gasteiger charge is 2.28. The largest absolute Gasteiger partial charge is 0.504 e. The predicted octanol–water partition coefficient (Wildman–Crippen LogP) is 4.66. The van der Waals surface area contributed by atoms with Gasteiger partial charge in [0, 0.05) is 63.9 Å². The van der Waals surface area contributed by atoms with Crippen LogP contribution in [-0.4, -0.2) is 60.3 Å². The van der Waals surface area contributed by atoms with Crippen molar-refractivity contribution < 1.29 is 9.84 Å². The van der Waals surface area contributed by atoms with E-state index >= 15 is 0 Å². The molecule has 3 heterocycles. The first kappa shape index (κ1) is 25.3. The van der Waals surface area contributed by atoms with Crippen LogP contribution in [0.25, 0.3) is 0 Å². The van der Waals surface area contributed by atoms with E-state index in [-0.39, 0.29) is 5.75 Å². The summed E-state index contributed by atoms with van der Waals surface area (Å²) in [4.78, 5) is 17.2. The third-order valence-electron chi connectivity index (χ3n) is 7.90. The molecular weight excluding hydrogens is 462 g/mol. The number of aromatic nitrogens is 2. The summed E-state index contributed by atoms with van der Waals surface area (Å²) in [7, 11) is 3.70. The third kappa shape index (κ3) is 5.67. The first-order chi connectivity index (χ1) is 18.1. The third-order valence-corrected chi connectivity index (χ3v) is 7.90. The van der Waals surface area contributed by atoms with Crippen LogP contribution in [0.15, 0.2) is 48.5 Å². The van der Waals surface area contributed by atoms with Gasteiger partial charge in [0.25, 0.3) is 0 Å². The highest BCUT2D eigenvalue weighted by Crippen LogP contribution is 2.34. The van der Waals surface area contributed by atoms with Gasteiger partial charge in [-0.25, -0.2) is 4.98 Å². The van der Waals surface area contributed by atoms with E-state index in [9.17, 15) is 5.11 Å². The Labute approximate surface area is 220 Å². The average Bonchev–Trinajstić information content (AvgIpc) is 2.94. The topological polar surface area (TPSA) is 65.0 Å². The lowest BCUT2D eigenvalue weighted by Crippen LogP contribution is -2.38. The predicted molar refractivity (Wildman–Crippen MR) is 149 cm³/mol. The van der Waals surface area contributed by atoms with Crippen molar-refractivity contribution in [3.05, 3.63) is 70.9 Å². The standard InChI is InChI=1S/C30H39N5O2/c1-4-33(2)29-25-21-34(20-24-11-8-12-27(37-3)28(24)36)16-15-26(25)31-30(32-29)35-17-13-23(14-18-35)19-22-9-6-5-7-10-22/h5-12,23,36H,4,13-21H2,1-3H3. The Bertz CT molecular complexity index is 1190. The summed E-state index contributed by atoms with van der Waals surface area (Å²) in [5.74, 6) is 3.38. The second-order valence-electron chi connectivity index (χ2n) is 10.3. The number of fused-ring (bicyclic) bond motifs is 1. The van der Waals surface area contributed by atoms with Gasteiger partial charge in [0.1, 0.15) is 5.82 Å². The lowest BCUT2D eigenvalue weighted by Gasteiger charge is -2.35. The fourth-order valence-corrected chi connectivity index (χ4v) is 5.57. The molecule has 37 heavy (non-hydrogen) atoms. The molecule has 3 aromatic rings. The maximum Gasteiger partial charge on any atom is 0.227 e. The maximum absolute atomic E-state index is 10.6. The number of para-hydroxylation sites is 1. The minimum absolute atomic E-state index is 0.226. The molecule has 1 aromatic heterocycles. The molecule has 0 unspecified atom stereocenters. The molecule has 2 aliphatic heterocycles. The lowest BCUT2D eigenvalue weighted by molar-refractivity contribution is 0.239. The number of hydrogen-bond acceptors (Lipinski definition) is 7. The molecule has 0 amide bonds. The second kappa shape index (κ2) is 11.4. The Hall–Kier alpha value is -3.32. The van der Waals surface area contributed by atoms with Crippen molar-refractivity contribution in [1.29, 1.82) is 0 Å². The summed E-state index contributed by atoms with van der Waals surface area (Å²) in [5.41, 5.74) is 4.69. The van der Waals surface area contributed by atoms with Crippen LogP contribution in [0.5, 0.6) is 11.5 Å². The van der Waals surface area contributed by atoms with Crippen molar-refractivity contribution in [1.82, 2.24) is 14.9 Å². The number of benzene rings is 2. The Morgan fingerprint density at radius 2 is 1.81 bits per heavy atom. The van der Waals surface area contributed by atoms with Crippen molar-refractivity contribution in [3.63, 3.8) is 0 Å². The quantitative estimate of drug-likeness (QED) is 0.481. The zero-order valence-corrected chi connectivity index (χ0v) is 22.4. The maximum atomic E-state index is 10.6. The van der Waals surface area contributed by atoms with E-state index in [4.69, 9.17) is 14.7 Å². The highest BCUT2D eigenvalue weighted by molar-refractivity contribution is 5.54. The fraction of sp³-hybridized carbons (Fsp3) is 0.467. The summed E-state index contributed by atoms with van der Waals surface area (Å²) < 4.78 is 5.30. The number of phenols is 1. The summed E-state index contributed by atoms with van der Waals surface area (Å²) >= 11 is 0. The number of phenolic OH excluding ortho intramolecular Hbond substituents is 1. The van der Waals surface area contributed by atoms with Crippen LogP contribution in [0.2, 0.25) is 0 Å². The van der Waals surface area contributed by atoms with E-state index in [2.05, 4.69) is 59.0 Å². The van der Waals surface area contributed by atoms with Gasteiger partial charge in [0.2, 0.25) is 5.95 Å². The zero-order valence-electron chi connectivity index (χ0n) is 22.4. The zero-order chi connectivity index (χ0) is 25.8. The number of aromatic hydroxyl groups is 1. The number of nitrogens with zero attached hydrogens (tertiary/aromatic N) is 5. The van der Waals surface area contributed by atoms with Gasteiger partial charge in [0.05, 0.1) is 12.8 Å². The SMILES string of the molecule is CCN(C)c1nc(N2CCC(Cc3ccccc3)CC2)nc2c1CN(Cc1cccc(OC)c1O)CC2. The van der Waals surface area contributed by atoms with E-state index in [1.807, 2.05) is 12.1 Å². The molecule has 0 radical (unpaired) electrons. The number of hydrogen-bond donors (Lipinski definition) is 1. The van der Waals surface area contributed by atoms with E-state index < -0.39 is 0 Å². The Morgan fingerprint density at radius 3 is 2.54 bits per heavy atom. The summed E-state index contributed by atoms with van der Waals surface area (Å²) in [5, 5.41) is 10.6. The number of anilines is 2. The summed E-state index contributed by atoms with van der Waals surface area (Å²) in [6.07, 6.45) is 4.38. The van der Waals surface area contributed by atoms with Crippen molar-refractivity contribution >= 4 is 11.8 Å². The van der Waals surface area contributed by atoms with Crippen LogP contribution in [0.4, 0.5) is 11.8 Å². The van der Waals surface area contributed by atoms with Crippen LogP contribution < -0.4 is 14.5 Å². The van der Waals surface area contributed by atoms with Gasteiger partial charge in [-0.3, -0.25) is 4.90 Å². The van der Waals surface area contributed by atoms with Crippen molar-refractivity contribution in [2.75, 3.05) is 50.1 Å². The van der Waals surface area contributed by atoms with Crippen LogP contribution in [0, 0.1) is 5.92 Å². The Morgan fingerprint density at radius 1 is 1.03 bits per heavy atom. The summed E-state index contributed by atoms with van der Waals surface area (Å²) in [6, 6.07) is 16.5. The molecule has 0 bridgehead atoms. The molecule has 2 aliphatic rings. The van der Waals surface area contributed by atoms with Gasteiger partial charge in [-0.15, -0.1) is 0 Å². The van der Waals surface area contributed by atoms with E-state index in [0.29, 0.717) is 12.3 Å². The van der Waals surface area contributed by atoms with Gasteiger partial charge in [0.15, 0.2) is 11.5 Å². The molecule has 7 nitrogen and oxygen atoms in total. The van der Waals surface area contributed by atoms with Crippen LogP contribution in [-0.2, 0) is 25.9 Å². The van der Waals surface area contributed by atoms with Gasteiger partial charge in [-0.1, -0.05) is 42.5 Å². The van der Waals surface area contributed by atoms with Crippen molar-refractivity contribution in [3.8, 4) is 11.5 Å². The Balaban J connectivity index is 1.31. The molecule has 1 saturated heterocycles. The van der Waals surface area contributed by atoms with Gasteiger partial charge in [-0.2, -0.15) is 4.98 Å². The van der Waals surface area contributed by atoms with Crippen LogP contribution >= 0.6 is 0 Å². The highest BCUT2D eigenvalue weighted by atomic mass is 16.5. The number of rotatable bonds is 8. The van der Waals surface area contributed by atoms with Crippen LogP contribution in [0.3, 0.4) is 0 Å². The molecular formula is C30H39N5O2. The Kier molecular flexibility index (Phi) is 7.79. The first-order valence-corrected chi connectivity index (χ1v) is 13.5. The molecule has 1 N–H and O–H groups in total. The van der Waals surface area contributed by atoms with E-state index in [0.717, 1.165) is 74.5 Å². The molecule has 1 fully saturated rings. The second-order valence-corrected chi connectivity index (χ2v) is 10.3. The van der Waals surface area contributed by atoms with Crippen molar-refractivity contribution in [2.45, 2.75) is 45.7 Å². The molecule has 0 atom stereocenters.